The van der Waals surface area contributed by atoms with E-state index in [1.54, 1.807) is 0 Å². The molecular weight excluding hydrogens is 522 g/mol. The van der Waals surface area contributed by atoms with Gasteiger partial charge in [0.1, 0.15) is 22.0 Å². The number of nitrogens with one attached hydrogen (secondary N) is 1. The van der Waals surface area contributed by atoms with Crippen LogP contribution in [0.1, 0.15) is 5.56 Å². The van der Waals surface area contributed by atoms with Gasteiger partial charge >= 0.3 is 16.1 Å². The SMILES string of the molecule is O=C1NC(=O)N(c2ccc(F)cc2)C(=O)/C1=C/c1cc(Cl)ccc1OS(=O)(=O)c1ccc(Cl)cc1. The molecule has 35 heavy (non-hydrogen) atoms. The predicted molar refractivity (Wildman–Crippen MR) is 126 cm³/mol. The van der Waals surface area contributed by atoms with Crippen molar-refractivity contribution in [2.75, 3.05) is 4.90 Å². The van der Waals surface area contributed by atoms with Gasteiger partial charge in [-0.2, -0.15) is 8.42 Å². The Morgan fingerprint density at radius 1 is 0.886 bits per heavy atom. The number of hydrogen-bond acceptors (Lipinski definition) is 6. The molecule has 1 N–H and O–H groups in total. The molecule has 0 atom stereocenters. The second-order valence-electron chi connectivity index (χ2n) is 7.11. The van der Waals surface area contributed by atoms with Crippen molar-refractivity contribution in [3.05, 3.63) is 93.7 Å². The Kier molecular flexibility index (Phi) is 6.62. The molecule has 8 nitrogen and oxygen atoms in total. The lowest BCUT2D eigenvalue weighted by molar-refractivity contribution is -0.122. The van der Waals surface area contributed by atoms with Crippen LogP contribution in [0, 0.1) is 5.82 Å². The van der Waals surface area contributed by atoms with E-state index < -0.39 is 39.4 Å². The van der Waals surface area contributed by atoms with E-state index in [2.05, 4.69) is 0 Å². The fourth-order valence-electron chi connectivity index (χ4n) is 3.11. The van der Waals surface area contributed by atoms with Crippen LogP contribution in [-0.4, -0.2) is 26.3 Å². The first-order valence-corrected chi connectivity index (χ1v) is 11.9. The molecular formula is C23H13Cl2FN2O6S. The van der Waals surface area contributed by atoms with E-state index in [0.29, 0.717) is 9.92 Å². The zero-order chi connectivity index (χ0) is 25.3. The molecule has 0 radical (unpaired) electrons. The van der Waals surface area contributed by atoms with E-state index in [9.17, 15) is 27.2 Å². The Morgan fingerprint density at radius 3 is 2.17 bits per heavy atom. The van der Waals surface area contributed by atoms with Gasteiger partial charge in [0.25, 0.3) is 11.8 Å². The number of anilines is 1. The molecule has 178 valence electrons. The highest BCUT2D eigenvalue weighted by Gasteiger charge is 2.37. The third kappa shape index (κ3) is 5.19. The summed E-state index contributed by atoms with van der Waals surface area (Å²) >= 11 is 11.8. The Morgan fingerprint density at radius 2 is 1.51 bits per heavy atom. The van der Waals surface area contributed by atoms with Crippen molar-refractivity contribution >= 4 is 62.9 Å². The number of urea groups is 1. The lowest BCUT2D eigenvalue weighted by Gasteiger charge is -2.26. The van der Waals surface area contributed by atoms with E-state index in [1.807, 2.05) is 5.32 Å². The van der Waals surface area contributed by atoms with Crippen LogP contribution in [0.4, 0.5) is 14.9 Å². The van der Waals surface area contributed by atoms with E-state index in [0.717, 1.165) is 18.2 Å². The summed E-state index contributed by atoms with van der Waals surface area (Å²) in [6, 6.07) is 12.5. The maximum Gasteiger partial charge on any atom is 0.339 e. The monoisotopic (exact) mass is 534 g/mol. The van der Waals surface area contributed by atoms with Gasteiger partial charge in [0.05, 0.1) is 5.69 Å². The highest BCUT2D eigenvalue weighted by atomic mass is 35.5. The summed E-state index contributed by atoms with van der Waals surface area (Å²) in [7, 11) is -4.32. The molecule has 1 aliphatic rings. The van der Waals surface area contributed by atoms with Gasteiger partial charge in [0.2, 0.25) is 0 Å². The lowest BCUT2D eigenvalue weighted by Crippen LogP contribution is -2.54. The van der Waals surface area contributed by atoms with E-state index in [-0.39, 0.29) is 26.9 Å². The number of hydrogen-bond donors (Lipinski definition) is 1. The van der Waals surface area contributed by atoms with Gasteiger partial charge in [0, 0.05) is 15.6 Å². The molecule has 1 fully saturated rings. The molecule has 0 aliphatic carbocycles. The molecule has 0 spiro atoms. The average molecular weight is 535 g/mol. The maximum atomic E-state index is 13.3. The Balaban J connectivity index is 1.74. The second kappa shape index (κ2) is 9.49. The molecule has 4 rings (SSSR count). The Bertz CT molecular complexity index is 1490. The van der Waals surface area contributed by atoms with Gasteiger partial charge in [-0.05, 0) is 72.8 Å². The first-order valence-electron chi connectivity index (χ1n) is 9.72. The van der Waals surface area contributed by atoms with Crippen LogP contribution >= 0.6 is 23.2 Å². The lowest BCUT2D eigenvalue weighted by atomic mass is 10.1. The number of imide groups is 2. The van der Waals surface area contributed by atoms with E-state index >= 15 is 0 Å². The number of nitrogens with zero attached hydrogens (tertiary/aromatic N) is 1. The third-order valence-electron chi connectivity index (χ3n) is 4.76. The van der Waals surface area contributed by atoms with Gasteiger partial charge in [-0.1, -0.05) is 23.2 Å². The zero-order valence-electron chi connectivity index (χ0n) is 17.4. The Hall–Kier alpha value is -3.73. The van der Waals surface area contributed by atoms with Crippen molar-refractivity contribution in [1.29, 1.82) is 0 Å². The summed E-state index contributed by atoms with van der Waals surface area (Å²) in [5, 5.41) is 2.50. The quantitative estimate of drug-likeness (QED) is 0.291. The summed E-state index contributed by atoms with van der Waals surface area (Å²) in [6.07, 6.45) is 1.04. The van der Waals surface area contributed by atoms with Crippen molar-refractivity contribution in [3.8, 4) is 5.75 Å². The molecule has 4 amide bonds. The van der Waals surface area contributed by atoms with Crippen LogP contribution in [0.15, 0.2) is 77.2 Å². The molecule has 0 bridgehead atoms. The molecule has 1 aliphatic heterocycles. The molecule has 3 aromatic carbocycles. The number of rotatable bonds is 5. The minimum Gasteiger partial charge on any atom is -0.378 e. The number of carbonyl (C=O) groups is 3. The van der Waals surface area contributed by atoms with E-state index in [4.69, 9.17) is 27.4 Å². The predicted octanol–water partition coefficient (Wildman–Crippen LogP) is 4.57. The fraction of sp³-hybridized carbons (Fsp3) is 0. The maximum absolute atomic E-state index is 13.3. The topological polar surface area (TPSA) is 110 Å². The molecule has 12 heteroatoms. The minimum absolute atomic E-state index is 0.0141. The molecule has 1 heterocycles. The smallest absolute Gasteiger partial charge is 0.339 e. The normalized spacial score (nSPS) is 15.3. The van der Waals surface area contributed by atoms with Crippen molar-refractivity contribution in [1.82, 2.24) is 5.32 Å². The van der Waals surface area contributed by atoms with Crippen LogP contribution in [0.5, 0.6) is 5.75 Å². The van der Waals surface area contributed by atoms with Crippen molar-refractivity contribution in [3.63, 3.8) is 0 Å². The Labute approximate surface area is 208 Å². The molecule has 0 saturated carbocycles. The minimum atomic E-state index is -4.32. The van der Waals surface area contributed by atoms with Gasteiger partial charge < -0.3 is 4.18 Å². The van der Waals surface area contributed by atoms with Crippen LogP contribution in [0.2, 0.25) is 10.0 Å². The molecule has 0 aromatic heterocycles. The number of benzene rings is 3. The standard InChI is InChI=1S/C23H13Cl2FN2O6S/c24-14-1-8-18(9-2-14)35(32,33)34-20-10-3-15(25)11-13(20)12-19-21(29)27-23(31)28(22(19)30)17-6-4-16(26)5-7-17/h1-12H,(H,27,29,31)/b19-12+. The first-order chi connectivity index (χ1) is 16.5. The first kappa shape index (κ1) is 24.4. The highest BCUT2D eigenvalue weighted by Crippen LogP contribution is 2.30. The van der Waals surface area contributed by atoms with Gasteiger partial charge in [-0.25, -0.2) is 14.1 Å². The van der Waals surface area contributed by atoms with Crippen LogP contribution < -0.4 is 14.4 Å². The van der Waals surface area contributed by atoms with Crippen LogP contribution in [-0.2, 0) is 19.7 Å². The van der Waals surface area contributed by atoms with Crippen molar-refractivity contribution < 1.29 is 31.4 Å². The van der Waals surface area contributed by atoms with Crippen molar-refractivity contribution in [2.24, 2.45) is 0 Å². The number of barbiturate groups is 1. The number of amides is 4. The largest absolute Gasteiger partial charge is 0.378 e. The van der Waals surface area contributed by atoms with Gasteiger partial charge in [-0.3, -0.25) is 14.9 Å². The number of carbonyl (C=O) groups excluding carboxylic acids is 3. The van der Waals surface area contributed by atoms with Gasteiger partial charge in [-0.15, -0.1) is 0 Å². The summed E-state index contributed by atoms with van der Waals surface area (Å²) in [5.41, 5.74) is -0.521. The van der Waals surface area contributed by atoms with Crippen LogP contribution in [0.3, 0.4) is 0 Å². The average Bonchev–Trinajstić information content (AvgIpc) is 2.79. The summed E-state index contributed by atoms with van der Waals surface area (Å²) in [4.78, 5) is 38.3. The fourth-order valence-corrected chi connectivity index (χ4v) is 4.37. The highest BCUT2D eigenvalue weighted by molar-refractivity contribution is 7.87. The summed E-state index contributed by atoms with van der Waals surface area (Å²) in [6.45, 7) is 0. The van der Waals surface area contributed by atoms with E-state index in [1.165, 1.54) is 54.6 Å². The van der Waals surface area contributed by atoms with Gasteiger partial charge in [0.15, 0.2) is 0 Å². The third-order valence-corrected chi connectivity index (χ3v) is 6.50. The number of halogens is 3. The zero-order valence-corrected chi connectivity index (χ0v) is 19.7. The molecule has 1 saturated heterocycles. The molecule has 3 aromatic rings. The molecule has 0 unspecified atom stereocenters. The van der Waals surface area contributed by atoms with Crippen molar-refractivity contribution in [2.45, 2.75) is 4.90 Å². The van der Waals surface area contributed by atoms with Crippen LogP contribution in [0.25, 0.3) is 6.08 Å². The summed E-state index contributed by atoms with van der Waals surface area (Å²) in [5.74, 6) is -2.86. The summed E-state index contributed by atoms with van der Waals surface area (Å²) < 4.78 is 44.0. The second-order valence-corrected chi connectivity index (χ2v) is 9.53.